The van der Waals surface area contributed by atoms with Gasteiger partial charge >= 0.3 is 0 Å². The second-order valence-electron chi connectivity index (χ2n) is 5.27. The molecule has 0 saturated heterocycles. The lowest BCUT2D eigenvalue weighted by Gasteiger charge is -2.18. The highest BCUT2D eigenvalue weighted by atomic mass is 32.2. The number of para-hydroxylation sites is 1. The van der Waals surface area contributed by atoms with Gasteiger partial charge in [0.1, 0.15) is 30.5 Å². The Kier molecular flexibility index (Phi) is 5.05. The van der Waals surface area contributed by atoms with E-state index in [1.807, 2.05) is 5.32 Å². The third kappa shape index (κ3) is 3.92. The standard InChI is InChI=1S/C16H14F2N2O5S/c17-11-2-1-3-12(18)16(11)20-15(21)9-19-26(22,23)10-4-5-13-14(8-10)25-7-6-24-13/h1-5,8,19H,6-7,9H2,(H,20,21). The molecule has 1 aliphatic heterocycles. The largest absolute Gasteiger partial charge is 0.486 e. The molecule has 138 valence electrons. The fraction of sp³-hybridized carbons (Fsp3) is 0.188. The summed E-state index contributed by atoms with van der Waals surface area (Å²) in [5, 5.41) is 1.99. The molecule has 2 aromatic rings. The molecule has 0 fully saturated rings. The van der Waals surface area contributed by atoms with E-state index in [9.17, 15) is 22.0 Å². The van der Waals surface area contributed by atoms with E-state index in [0.29, 0.717) is 19.0 Å². The Morgan fingerprint density at radius 1 is 1.04 bits per heavy atom. The zero-order chi connectivity index (χ0) is 18.7. The van der Waals surface area contributed by atoms with Crippen molar-refractivity contribution in [3.63, 3.8) is 0 Å². The average Bonchev–Trinajstić information content (AvgIpc) is 2.63. The van der Waals surface area contributed by atoms with E-state index in [-0.39, 0.29) is 10.6 Å². The van der Waals surface area contributed by atoms with Crippen LogP contribution < -0.4 is 19.5 Å². The zero-order valence-corrected chi connectivity index (χ0v) is 14.1. The van der Waals surface area contributed by atoms with Crippen LogP contribution in [0.3, 0.4) is 0 Å². The fourth-order valence-electron chi connectivity index (χ4n) is 2.24. The molecule has 0 atom stereocenters. The number of amides is 1. The maximum Gasteiger partial charge on any atom is 0.241 e. The minimum absolute atomic E-state index is 0.133. The number of carbonyl (C=O) groups excluding carboxylic acids is 1. The Hall–Kier alpha value is -2.72. The second kappa shape index (κ2) is 7.26. The Balaban J connectivity index is 1.67. The molecule has 2 N–H and O–H groups in total. The van der Waals surface area contributed by atoms with E-state index in [0.717, 1.165) is 18.2 Å². The first-order chi connectivity index (χ1) is 12.4. The number of hydrogen-bond donors (Lipinski definition) is 2. The number of ether oxygens (including phenoxy) is 2. The first-order valence-electron chi connectivity index (χ1n) is 7.50. The molecule has 1 amide bonds. The molecule has 10 heteroatoms. The Morgan fingerprint density at radius 2 is 1.69 bits per heavy atom. The molecule has 0 saturated carbocycles. The number of hydrogen-bond acceptors (Lipinski definition) is 5. The molecule has 1 aliphatic rings. The second-order valence-corrected chi connectivity index (χ2v) is 7.04. The van der Waals surface area contributed by atoms with Crippen molar-refractivity contribution in [2.45, 2.75) is 4.90 Å². The summed E-state index contributed by atoms with van der Waals surface area (Å²) in [6.07, 6.45) is 0. The number of anilines is 1. The van der Waals surface area contributed by atoms with Crippen LogP contribution in [-0.4, -0.2) is 34.1 Å². The summed E-state index contributed by atoms with van der Waals surface area (Å²) in [5.74, 6) is -2.16. The number of rotatable bonds is 5. The van der Waals surface area contributed by atoms with Crippen molar-refractivity contribution in [1.82, 2.24) is 4.72 Å². The van der Waals surface area contributed by atoms with Crippen LogP contribution in [0.15, 0.2) is 41.3 Å². The number of fused-ring (bicyclic) bond motifs is 1. The minimum Gasteiger partial charge on any atom is -0.486 e. The van der Waals surface area contributed by atoms with Crippen molar-refractivity contribution < 1.29 is 31.5 Å². The first-order valence-corrected chi connectivity index (χ1v) is 8.98. The maximum atomic E-state index is 13.5. The average molecular weight is 384 g/mol. The van der Waals surface area contributed by atoms with Crippen LogP contribution in [-0.2, 0) is 14.8 Å². The molecule has 2 aromatic carbocycles. The van der Waals surface area contributed by atoms with Gasteiger partial charge in [0.05, 0.1) is 11.4 Å². The molecular weight excluding hydrogens is 370 g/mol. The number of halogens is 2. The third-order valence-electron chi connectivity index (χ3n) is 3.47. The van der Waals surface area contributed by atoms with Gasteiger partial charge in [-0.05, 0) is 24.3 Å². The molecule has 26 heavy (non-hydrogen) atoms. The molecule has 0 spiro atoms. The van der Waals surface area contributed by atoms with E-state index in [2.05, 4.69) is 4.72 Å². The van der Waals surface area contributed by atoms with Crippen LogP contribution in [0.4, 0.5) is 14.5 Å². The highest BCUT2D eigenvalue weighted by Gasteiger charge is 2.20. The van der Waals surface area contributed by atoms with Crippen LogP contribution in [0, 0.1) is 11.6 Å². The van der Waals surface area contributed by atoms with Crippen molar-refractivity contribution in [3.8, 4) is 11.5 Å². The smallest absolute Gasteiger partial charge is 0.241 e. The van der Waals surface area contributed by atoms with Crippen molar-refractivity contribution in [2.75, 3.05) is 25.1 Å². The number of sulfonamides is 1. The van der Waals surface area contributed by atoms with Crippen LogP contribution >= 0.6 is 0 Å². The molecular formula is C16H14F2N2O5S. The summed E-state index contributed by atoms with van der Waals surface area (Å²) in [5.41, 5.74) is -0.643. The molecule has 0 aromatic heterocycles. The fourth-order valence-corrected chi connectivity index (χ4v) is 3.23. The van der Waals surface area contributed by atoms with Gasteiger partial charge in [0.25, 0.3) is 0 Å². The van der Waals surface area contributed by atoms with Gasteiger partial charge in [0.2, 0.25) is 15.9 Å². The molecule has 3 rings (SSSR count). The van der Waals surface area contributed by atoms with E-state index in [1.165, 1.54) is 18.2 Å². The van der Waals surface area contributed by atoms with Gasteiger partial charge in [-0.25, -0.2) is 21.9 Å². The topological polar surface area (TPSA) is 93.7 Å². The van der Waals surface area contributed by atoms with Gasteiger partial charge in [0.15, 0.2) is 11.5 Å². The van der Waals surface area contributed by atoms with Crippen LogP contribution in [0.1, 0.15) is 0 Å². The predicted molar refractivity (Wildman–Crippen MR) is 87.6 cm³/mol. The highest BCUT2D eigenvalue weighted by molar-refractivity contribution is 7.89. The number of carbonyl (C=O) groups is 1. The number of nitrogens with one attached hydrogen (secondary N) is 2. The normalized spacial score (nSPS) is 13.3. The maximum absolute atomic E-state index is 13.5. The van der Waals surface area contributed by atoms with E-state index in [1.54, 1.807) is 0 Å². The minimum atomic E-state index is -4.04. The lowest BCUT2D eigenvalue weighted by atomic mass is 10.3. The van der Waals surface area contributed by atoms with Gasteiger partial charge in [-0.3, -0.25) is 4.79 Å². The predicted octanol–water partition coefficient (Wildman–Crippen LogP) is 1.65. The lowest BCUT2D eigenvalue weighted by molar-refractivity contribution is -0.115. The molecule has 0 bridgehead atoms. The summed E-state index contributed by atoms with van der Waals surface area (Å²) in [4.78, 5) is 11.7. The SMILES string of the molecule is O=C(CNS(=O)(=O)c1ccc2c(c1)OCCO2)Nc1c(F)cccc1F. The van der Waals surface area contributed by atoms with Crippen molar-refractivity contribution in [3.05, 3.63) is 48.0 Å². The monoisotopic (exact) mass is 384 g/mol. The summed E-state index contributed by atoms with van der Waals surface area (Å²) in [6.45, 7) is -0.0464. The third-order valence-corrected chi connectivity index (χ3v) is 4.87. The summed E-state index contributed by atoms with van der Waals surface area (Å²) >= 11 is 0. The van der Waals surface area contributed by atoms with Crippen LogP contribution in [0.2, 0.25) is 0 Å². The van der Waals surface area contributed by atoms with E-state index < -0.39 is 39.8 Å². The van der Waals surface area contributed by atoms with Crippen molar-refractivity contribution in [1.29, 1.82) is 0 Å². The number of benzene rings is 2. The van der Waals surface area contributed by atoms with Gasteiger partial charge in [-0.15, -0.1) is 0 Å². The summed E-state index contributed by atoms with van der Waals surface area (Å²) < 4.78 is 64.2. The zero-order valence-electron chi connectivity index (χ0n) is 13.3. The van der Waals surface area contributed by atoms with Gasteiger partial charge in [-0.1, -0.05) is 6.07 Å². The Morgan fingerprint density at radius 3 is 2.38 bits per heavy atom. The van der Waals surface area contributed by atoms with E-state index >= 15 is 0 Å². The van der Waals surface area contributed by atoms with Gasteiger partial charge in [-0.2, -0.15) is 0 Å². The van der Waals surface area contributed by atoms with Crippen molar-refractivity contribution >= 4 is 21.6 Å². The molecule has 1 heterocycles. The van der Waals surface area contributed by atoms with Gasteiger partial charge in [0, 0.05) is 6.07 Å². The molecule has 7 nitrogen and oxygen atoms in total. The molecule has 0 radical (unpaired) electrons. The van der Waals surface area contributed by atoms with Crippen LogP contribution in [0.5, 0.6) is 11.5 Å². The summed E-state index contributed by atoms with van der Waals surface area (Å²) in [7, 11) is -4.04. The van der Waals surface area contributed by atoms with E-state index in [4.69, 9.17) is 9.47 Å². The molecule has 0 aliphatic carbocycles. The van der Waals surface area contributed by atoms with Gasteiger partial charge < -0.3 is 14.8 Å². The van der Waals surface area contributed by atoms with Crippen molar-refractivity contribution in [2.24, 2.45) is 0 Å². The summed E-state index contributed by atoms with van der Waals surface area (Å²) in [6, 6.07) is 7.09. The Labute approximate surface area is 148 Å². The first kappa shape index (κ1) is 18.1. The Bertz CT molecular complexity index is 929. The highest BCUT2D eigenvalue weighted by Crippen LogP contribution is 2.32. The van der Waals surface area contributed by atoms with Crippen LogP contribution in [0.25, 0.3) is 0 Å². The molecule has 0 unspecified atom stereocenters. The quantitative estimate of drug-likeness (QED) is 0.818. The lowest BCUT2D eigenvalue weighted by Crippen LogP contribution is -2.33.